The fourth-order valence-corrected chi connectivity index (χ4v) is 1.47. The quantitative estimate of drug-likeness (QED) is 0.480. The Morgan fingerprint density at radius 2 is 1.68 bits per heavy atom. The van der Waals surface area contributed by atoms with E-state index >= 15 is 0 Å². The number of carbonyl (C=O) groups is 1. The summed E-state index contributed by atoms with van der Waals surface area (Å²) in [5.41, 5.74) is 1.08. The van der Waals surface area contributed by atoms with Gasteiger partial charge in [0.1, 0.15) is 0 Å². The highest BCUT2D eigenvalue weighted by atomic mass is 16.6. The predicted molar refractivity (Wildman–Crippen MR) is 71.5 cm³/mol. The fourth-order valence-electron chi connectivity index (χ4n) is 1.47. The number of rotatable bonds is 3. The Labute approximate surface area is 109 Å². The van der Waals surface area contributed by atoms with Crippen LogP contribution in [-0.4, -0.2) is 17.0 Å². The molecular formula is C14H10N2O3. The molecule has 0 N–H and O–H groups in total. The summed E-state index contributed by atoms with van der Waals surface area (Å²) in [6.45, 7) is 0. The van der Waals surface area contributed by atoms with E-state index in [1.165, 1.54) is 30.5 Å². The first-order valence-electron chi connectivity index (χ1n) is 5.55. The largest absolute Gasteiger partial charge is 0.276 e. The summed E-state index contributed by atoms with van der Waals surface area (Å²) in [6, 6.07) is 14.6. The van der Waals surface area contributed by atoms with E-state index in [1.807, 2.05) is 30.3 Å². The first kappa shape index (κ1) is 12.6. The second-order valence-corrected chi connectivity index (χ2v) is 3.78. The van der Waals surface area contributed by atoms with Gasteiger partial charge in [-0.05, 0) is 17.7 Å². The highest BCUT2D eigenvalue weighted by Crippen LogP contribution is 2.12. The predicted octanol–water partition coefficient (Wildman–Crippen LogP) is 2.85. The zero-order chi connectivity index (χ0) is 13.7. The molecule has 0 saturated heterocycles. The van der Waals surface area contributed by atoms with Crippen molar-refractivity contribution in [2.75, 3.05) is 0 Å². The number of nitrogens with zero attached hydrogens (tertiary/aromatic N) is 2. The first-order chi connectivity index (χ1) is 9.16. The molecule has 0 aromatic heterocycles. The molecule has 94 valence electrons. The van der Waals surface area contributed by atoms with E-state index in [2.05, 4.69) is 4.99 Å². The molecule has 0 aliphatic carbocycles. The van der Waals surface area contributed by atoms with Gasteiger partial charge in [0.15, 0.2) is 0 Å². The van der Waals surface area contributed by atoms with Crippen molar-refractivity contribution in [3.8, 4) is 0 Å². The third kappa shape index (κ3) is 3.32. The van der Waals surface area contributed by atoms with Crippen LogP contribution in [0.1, 0.15) is 15.9 Å². The Morgan fingerprint density at radius 1 is 1.05 bits per heavy atom. The Morgan fingerprint density at radius 3 is 2.26 bits per heavy atom. The first-order valence-corrected chi connectivity index (χ1v) is 5.55. The van der Waals surface area contributed by atoms with Gasteiger partial charge in [0.25, 0.3) is 11.6 Å². The Balaban J connectivity index is 2.12. The van der Waals surface area contributed by atoms with Crippen LogP contribution in [0.5, 0.6) is 0 Å². The molecule has 0 bridgehead atoms. The molecule has 2 rings (SSSR count). The average molecular weight is 254 g/mol. The number of carbonyl (C=O) groups excluding carboxylic acids is 1. The van der Waals surface area contributed by atoms with Gasteiger partial charge in [-0.2, -0.15) is 0 Å². The lowest BCUT2D eigenvalue weighted by Gasteiger charge is -1.95. The zero-order valence-corrected chi connectivity index (χ0v) is 9.89. The zero-order valence-electron chi connectivity index (χ0n) is 9.89. The molecule has 0 aliphatic rings. The molecule has 5 heteroatoms. The molecule has 0 atom stereocenters. The van der Waals surface area contributed by atoms with Crippen LogP contribution in [0.15, 0.2) is 59.6 Å². The van der Waals surface area contributed by atoms with E-state index in [4.69, 9.17) is 0 Å². The lowest BCUT2D eigenvalue weighted by molar-refractivity contribution is -0.384. The van der Waals surface area contributed by atoms with Gasteiger partial charge in [-0.25, -0.2) is 4.99 Å². The fraction of sp³-hybridized carbons (Fsp3) is 0. The van der Waals surface area contributed by atoms with Crippen LogP contribution in [0, 0.1) is 10.1 Å². The standard InChI is InChI=1S/C14H10N2O3/c17-14(15-10-11-4-2-1-3-5-11)12-6-8-13(9-7-12)16(18)19/h1-10H. The van der Waals surface area contributed by atoms with Crippen LogP contribution >= 0.6 is 0 Å². The van der Waals surface area contributed by atoms with Gasteiger partial charge in [0, 0.05) is 23.9 Å². The molecule has 0 radical (unpaired) electrons. The SMILES string of the molecule is O=C(N=Cc1ccccc1)c1ccc([N+](=O)[O-])cc1. The maximum Gasteiger partial charge on any atom is 0.276 e. The number of amides is 1. The third-order valence-electron chi connectivity index (χ3n) is 2.46. The van der Waals surface area contributed by atoms with E-state index in [9.17, 15) is 14.9 Å². The summed E-state index contributed by atoms with van der Waals surface area (Å²) in [5, 5.41) is 10.5. The summed E-state index contributed by atoms with van der Waals surface area (Å²) in [6.07, 6.45) is 1.46. The number of benzene rings is 2. The van der Waals surface area contributed by atoms with Crippen LogP contribution in [0.4, 0.5) is 5.69 Å². The van der Waals surface area contributed by atoms with Gasteiger partial charge in [-0.15, -0.1) is 0 Å². The van der Waals surface area contributed by atoms with E-state index in [-0.39, 0.29) is 5.69 Å². The summed E-state index contributed by atoms with van der Waals surface area (Å²) >= 11 is 0. The molecule has 0 unspecified atom stereocenters. The number of non-ortho nitro benzene ring substituents is 1. The van der Waals surface area contributed by atoms with Crippen LogP contribution in [0.2, 0.25) is 0 Å². The summed E-state index contributed by atoms with van der Waals surface area (Å²) in [7, 11) is 0. The van der Waals surface area contributed by atoms with Crippen LogP contribution < -0.4 is 0 Å². The molecule has 0 fully saturated rings. The van der Waals surface area contributed by atoms with Crippen molar-refractivity contribution < 1.29 is 9.72 Å². The average Bonchev–Trinajstić information content (AvgIpc) is 2.46. The van der Waals surface area contributed by atoms with Gasteiger partial charge >= 0.3 is 0 Å². The summed E-state index contributed by atoms with van der Waals surface area (Å²) in [4.78, 5) is 25.5. The minimum absolute atomic E-state index is 0.0522. The number of hydrogen-bond acceptors (Lipinski definition) is 3. The van der Waals surface area contributed by atoms with E-state index < -0.39 is 10.8 Å². The Kier molecular flexibility index (Phi) is 3.78. The minimum atomic E-state index is -0.512. The maximum absolute atomic E-state index is 11.7. The molecule has 0 aliphatic heterocycles. The van der Waals surface area contributed by atoms with Crippen LogP contribution in [0.3, 0.4) is 0 Å². The van der Waals surface area contributed by atoms with Crippen LogP contribution in [-0.2, 0) is 0 Å². The number of hydrogen-bond donors (Lipinski definition) is 0. The normalized spacial score (nSPS) is 10.5. The monoisotopic (exact) mass is 254 g/mol. The van der Waals surface area contributed by atoms with E-state index in [1.54, 1.807) is 0 Å². The van der Waals surface area contributed by atoms with E-state index in [0.29, 0.717) is 5.56 Å². The van der Waals surface area contributed by atoms with Crippen molar-refractivity contribution >= 4 is 17.8 Å². The molecule has 2 aromatic carbocycles. The van der Waals surface area contributed by atoms with Gasteiger partial charge < -0.3 is 0 Å². The molecular weight excluding hydrogens is 244 g/mol. The van der Waals surface area contributed by atoms with Crippen molar-refractivity contribution in [3.05, 3.63) is 75.8 Å². The van der Waals surface area contributed by atoms with Crippen molar-refractivity contribution in [1.82, 2.24) is 0 Å². The minimum Gasteiger partial charge on any atom is -0.267 e. The maximum atomic E-state index is 11.7. The third-order valence-corrected chi connectivity index (χ3v) is 2.46. The van der Waals surface area contributed by atoms with Crippen LogP contribution in [0.25, 0.3) is 0 Å². The lowest BCUT2D eigenvalue weighted by Crippen LogP contribution is -1.96. The van der Waals surface area contributed by atoms with Crippen molar-refractivity contribution in [2.24, 2.45) is 4.99 Å². The number of nitro groups is 1. The Bertz CT molecular complexity index is 619. The molecule has 0 saturated carbocycles. The molecule has 5 nitrogen and oxygen atoms in total. The second kappa shape index (κ2) is 5.68. The van der Waals surface area contributed by atoms with E-state index in [0.717, 1.165) is 5.56 Å². The smallest absolute Gasteiger partial charge is 0.267 e. The second-order valence-electron chi connectivity index (χ2n) is 3.78. The summed E-state index contributed by atoms with van der Waals surface area (Å²) in [5.74, 6) is -0.432. The Hall–Kier alpha value is -2.82. The molecule has 2 aromatic rings. The van der Waals surface area contributed by atoms with Crippen molar-refractivity contribution in [2.45, 2.75) is 0 Å². The highest BCUT2D eigenvalue weighted by molar-refractivity contribution is 6.01. The topological polar surface area (TPSA) is 72.6 Å². The van der Waals surface area contributed by atoms with Gasteiger partial charge in [0.05, 0.1) is 4.92 Å². The number of aliphatic imine (C=N–C) groups is 1. The molecule has 0 heterocycles. The highest BCUT2D eigenvalue weighted by Gasteiger charge is 2.07. The summed E-state index contributed by atoms with van der Waals surface area (Å²) < 4.78 is 0. The van der Waals surface area contributed by atoms with Crippen molar-refractivity contribution in [1.29, 1.82) is 0 Å². The van der Waals surface area contributed by atoms with Gasteiger partial charge in [-0.1, -0.05) is 30.3 Å². The lowest BCUT2D eigenvalue weighted by atomic mass is 10.2. The molecule has 0 spiro atoms. The van der Waals surface area contributed by atoms with Gasteiger partial charge in [-0.3, -0.25) is 14.9 Å². The molecule has 19 heavy (non-hydrogen) atoms. The van der Waals surface area contributed by atoms with Crippen molar-refractivity contribution in [3.63, 3.8) is 0 Å². The number of nitro benzene ring substituents is 1. The van der Waals surface area contributed by atoms with Gasteiger partial charge in [0.2, 0.25) is 0 Å². The molecule has 1 amide bonds.